The Labute approximate surface area is 186 Å². The average molecular weight is 487 g/mol. The van der Waals surface area contributed by atoms with E-state index >= 15 is 0 Å². The van der Waals surface area contributed by atoms with Crippen molar-refractivity contribution in [1.82, 2.24) is 9.78 Å². The lowest BCUT2D eigenvalue weighted by Crippen LogP contribution is -2.12. The van der Waals surface area contributed by atoms with E-state index in [1.54, 1.807) is 29.1 Å². The zero-order valence-electron chi connectivity index (χ0n) is 15.7. The van der Waals surface area contributed by atoms with Gasteiger partial charge in [0, 0.05) is 17.3 Å². The summed E-state index contributed by atoms with van der Waals surface area (Å²) in [5.74, 6) is 1.46. The minimum atomic E-state index is -0.384. The number of carbonyl (C=O) groups excluding carboxylic acids is 1. The quantitative estimate of drug-likeness (QED) is 0.360. The Balaban J connectivity index is 1.35. The molecule has 0 spiro atoms. The molecular weight excluding hydrogens is 470 g/mol. The molecule has 8 heteroatoms. The number of amides is 1. The second-order valence-electron chi connectivity index (χ2n) is 6.43. The number of para-hydroxylation sites is 1. The molecule has 2 heterocycles. The van der Waals surface area contributed by atoms with Gasteiger partial charge in [-0.1, -0.05) is 41.9 Å². The van der Waals surface area contributed by atoms with E-state index in [1.165, 1.54) is 0 Å². The fourth-order valence-electron chi connectivity index (χ4n) is 2.78. The molecule has 152 valence electrons. The Bertz CT molecular complexity index is 1170. The van der Waals surface area contributed by atoms with Crippen LogP contribution in [0.1, 0.15) is 21.9 Å². The summed E-state index contributed by atoms with van der Waals surface area (Å²) in [5.41, 5.74) is 0.945. The van der Waals surface area contributed by atoms with Gasteiger partial charge in [0.05, 0.1) is 11.0 Å². The van der Waals surface area contributed by atoms with E-state index in [1.807, 2.05) is 48.5 Å². The summed E-state index contributed by atoms with van der Waals surface area (Å²) in [6.07, 6.45) is 1.78. The number of ether oxygens (including phenoxy) is 1. The average Bonchev–Trinajstić information content (AvgIpc) is 3.39. The summed E-state index contributed by atoms with van der Waals surface area (Å²) in [6.45, 7) is 0.717. The van der Waals surface area contributed by atoms with Crippen LogP contribution in [0.25, 0.3) is 0 Å². The molecular formula is C22H17BrClN3O3. The van der Waals surface area contributed by atoms with Gasteiger partial charge < -0.3 is 14.5 Å². The first-order valence-electron chi connectivity index (χ1n) is 9.13. The van der Waals surface area contributed by atoms with E-state index in [0.29, 0.717) is 28.9 Å². The van der Waals surface area contributed by atoms with Crippen molar-refractivity contribution < 1.29 is 13.9 Å². The Morgan fingerprint density at radius 3 is 2.73 bits per heavy atom. The number of nitrogens with zero attached hydrogens (tertiary/aromatic N) is 2. The second kappa shape index (κ2) is 9.19. The summed E-state index contributed by atoms with van der Waals surface area (Å²) in [5, 5.41) is 7.76. The molecule has 0 aliphatic heterocycles. The van der Waals surface area contributed by atoms with Gasteiger partial charge in [-0.3, -0.25) is 9.48 Å². The van der Waals surface area contributed by atoms with Crippen LogP contribution in [0.3, 0.4) is 0 Å². The zero-order valence-corrected chi connectivity index (χ0v) is 18.1. The van der Waals surface area contributed by atoms with Gasteiger partial charge in [0.15, 0.2) is 11.6 Å². The number of hydrogen-bond donors (Lipinski definition) is 1. The van der Waals surface area contributed by atoms with Gasteiger partial charge in [0.25, 0.3) is 5.91 Å². The van der Waals surface area contributed by atoms with E-state index in [9.17, 15) is 4.79 Å². The fraction of sp³-hybridized carbons (Fsp3) is 0.0909. The molecule has 2 aromatic carbocycles. The Morgan fingerprint density at radius 1 is 1.10 bits per heavy atom. The molecule has 0 saturated carbocycles. The molecule has 0 aliphatic rings. The van der Waals surface area contributed by atoms with Crippen molar-refractivity contribution in [1.29, 1.82) is 0 Å². The SMILES string of the molecule is O=C(Nc1ccn(Cc2ccccc2Cl)n1)c1ccc(COc2ccccc2Br)o1. The highest BCUT2D eigenvalue weighted by atomic mass is 79.9. The largest absolute Gasteiger partial charge is 0.484 e. The minimum Gasteiger partial charge on any atom is -0.484 e. The standard InChI is InChI=1S/C22H17BrClN3O3/c23-17-6-2-4-8-19(17)29-14-16-9-10-20(30-16)22(28)25-21-11-12-27(26-21)13-15-5-1-3-7-18(15)24/h1-12H,13-14H2,(H,25,26,28). The lowest BCUT2D eigenvalue weighted by atomic mass is 10.2. The van der Waals surface area contributed by atoms with Crippen molar-refractivity contribution >= 4 is 39.3 Å². The van der Waals surface area contributed by atoms with Crippen molar-refractivity contribution in [2.45, 2.75) is 13.2 Å². The first-order valence-corrected chi connectivity index (χ1v) is 10.3. The monoisotopic (exact) mass is 485 g/mol. The van der Waals surface area contributed by atoms with E-state index in [4.69, 9.17) is 20.8 Å². The maximum atomic E-state index is 12.5. The second-order valence-corrected chi connectivity index (χ2v) is 7.69. The number of aromatic nitrogens is 2. The molecule has 0 aliphatic carbocycles. The van der Waals surface area contributed by atoms with Gasteiger partial charge in [-0.25, -0.2) is 0 Å². The number of nitrogens with one attached hydrogen (secondary N) is 1. The highest BCUT2D eigenvalue weighted by Gasteiger charge is 2.14. The molecule has 0 fully saturated rings. The maximum absolute atomic E-state index is 12.5. The number of halogens is 2. The molecule has 4 aromatic rings. The number of hydrogen-bond acceptors (Lipinski definition) is 4. The van der Waals surface area contributed by atoms with Crippen molar-refractivity contribution in [2.75, 3.05) is 5.32 Å². The molecule has 0 bridgehead atoms. The third kappa shape index (κ3) is 4.93. The van der Waals surface area contributed by atoms with Gasteiger partial charge in [-0.05, 0) is 51.8 Å². The van der Waals surface area contributed by atoms with Crippen LogP contribution in [0, 0.1) is 0 Å². The molecule has 30 heavy (non-hydrogen) atoms. The van der Waals surface area contributed by atoms with Gasteiger partial charge >= 0.3 is 0 Å². The van der Waals surface area contributed by atoms with E-state index in [2.05, 4.69) is 26.3 Å². The van der Waals surface area contributed by atoms with Gasteiger partial charge in [0.2, 0.25) is 0 Å². The molecule has 4 rings (SSSR count). The van der Waals surface area contributed by atoms with Crippen LogP contribution < -0.4 is 10.1 Å². The third-order valence-corrected chi connectivity index (χ3v) is 5.29. The summed E-state index contributed by atoms with van der Waals surface area (Å²) in [4.78, 5) is 12.5. The van der Waals surface area contributed by atoms with E-state index in [-0.39, 0.29) is 18.3 Å². The lowest BCUT2D eigenvalue weighted by Gasteiger charge is -2.06. The normalized spacial score (nSPS) is 10.7. The highest BCUT2D eigenvalue weighted by Crippen LogP contribution is 2.25. The van der Waals surface area contributed by atoms with Crippen LogP contribution in [0.2, 0.25) is 5.02 Å². The van der Waals surface area contributed by atoms with E-state index < -0.39 is 0 Å². The summed E-state index contributed by atoms with van der Waals surface area (Å²) >= 11 is 9.61. The van der Waals surface area contributed by atoms with E-state index in [0.717, 1.165) is 10.0 Å². The Kier molecular flexibility index (Phi) is 6.21. The van der Waals surface area contributed by atoms with Crippen LogP contribution in [0.15, 0.2) is 81.8 Å². The smallest absolute Gasteiger partial charge is 0.292 e. The summed E-state index contributed by atoms with van der Waals surface area (Å²) < 4.78 is 13.9. The first-order chi connectivity index (χ1) is 14.6. The zero-order chi connectivity index (χ0) is 20.9. The van der Waals surface area contributed by atoms with Crippen LogP contribution in [0.4, 0.5) is 5.82 Å². The predicted molar refractivity (Wildman–Crippen MR) is 118 cm³/mol. The molecule has 0 saturated heterocycles. The molecule has 1 amide bonds. The lowest BCUT2D eigenvalue weighted by molar-refractivity contribution is 0.0992. The Morgan fingerprint density at radius 2 is 1.90 bits per heavy atom. The maximum Gasteiger partial charge on any atom is 0.292 e. The van der Waals surface area contributed by atoms with Crippen LogP contribution in [0.5, 0.6) is 5.75 Å². The molecule has 0 unspecified atom stereocenters. The van der Waals surface area contributed by atoms with Crippen molar-refractivity contribution in [3.05, 3.63) is 99.5 Å². The van der Waals surface area contributed by atoms with Crippen molar-refractivity contribution in [3.8, 4) is 5.75 Å². The summed E-state index contributed by atoms with van der Waals surface area (Å²) in [7, 11) is 0. The van der Waals surface area contributed by atoms with Crippen molar-refractivity contribution in [3.63, 3.8) is 0 Å². The molecule has 0 atom stereocenters. The highest BCUT2D eigenvalue weighted by molar-refractivity contribution is 9.10. The number of carbonyl (C=O) groups is 1. The molecule has 6 nitrogen and oxygen atoms in total. The van der Waals surface area contributed by atoms with Crippen LogP contribution in [-0.2, 0) is 13.2 Å². The van der Waals surface area contributed by atoms with Gasteiger partial charge in [-0.2, -0.15) is 5.10 Å². The third-order valence-electron chi connectivity index (χ3n) is 4.26. The van der Waals surface area contributed by atoms with Crippen LogP contribution in [-0.4, -0.2) is 15.7 Å². The summed E-state index contributed by atoms with van der Waals surface area (Å²) in [6, 6.07) is 20.1. The van der Waals surface area contributed by atoms with Gasteiger partial charge in [0.1, 0.15) is 18.1 Å². The molecule has 1 N–H and O–H groups in total. The molecule has 0 radical (unpaired) electrons. The van der Waals surface area contributed by atoms with Crippen LogP contribution >= 0.6 is 27.5 Å². The number of rotatable bonds is 7. The number of furan rings is 1. The van der Waals surface area contributed by atoms with Crippen molar-refractivity contribution in [2.24, 2.45) is 0 Å². The van der Waals surface area contributed by atoms with Gasteiger partial charge in [-0.15, -0.1) is 0 Å². The number of anilines is 1. The minimum absolute atomic E-state index is 0.182. The first kappa shape index (κ1) is 20.3. The molecule has 2 aromatic heterocycles. The fourth-order valence-corrected chi connectivity index (χ4v) is 3.38. The topological polar surface area (TPSA) is 69.3 Å². The number of benzene rings is 2. The Hall–Kier alpha value is -3.03. The predicted octanol–water partition coefficient (Wildman–Crippen LogP) is 5.77.